The fraction of sp³-hybridized carbons (Fsp3) is 0.533. The monoisotopic (exact) mass is 377 g/mol. The summed E-state index contributed by atoms with van der Waals surface area (Å²) >= 11 is 5.61. The van der Waals surface area contributed by atoms with Crippen molar-refractivity contribution in [2.24, 2.45) is 5.41 Å². The molecule has 0 amide bonds. The summed E-state index contributed by atoms with van der Waals surface area (Å²) in [6, 6.07) is 1.68. The van der Waals surface area contributed by atoms with Gasteiger partial charge in [0.05, 0.1) is 22.1 Å². The zero-order valence-electron chi connectivity index (χ0n) is 12.8. The number of aromatic carboxylic acids is 1. The van der Waals surface area contributed by atoms with Crippen LogP contribution in [0.15, 0.2) is 17.0 Å². The van der Waals surface area contributed by atoms with Crippen molar-refractivity contribution >= 4 is 27.6 Å². The summed E-state index contributed by atoms with van der Waals surface area (Å²) < 4.78 is 46.2. The van der Waals surface area contributed by atoms with E-state index in [1.54, 1.807) is 0 Å². The van der Waals surface area contributed by atoms with Gasteiger partial charge in [0.25, 0.3) is 0 Å². The molecule has 0 aliphatic carbocycles. The average Bonchev–Trinajstić information content (AvgIpc) is 2.94. The number of rotatable bonds is 3. The van der Waals surface area contributed by atoms with E-state index in [1.165, 1.54) is 4.31 Å². The van der Waals surface area contributed by atoms with Gasteiger partial charge in [-0.3, -0.25) is 0 Å². The second-order valence-electron chi connectivity index (χ2n) is 6.32. The Morgan fingerprint density at radius 2 is 2.12 bits per heavy atom. The fourth-order valence-electron chi connectivity index (χ4n) is 3.35. The number of ether oxygens (including phenoxy) is 1. The molecule has 24 heavy (non-hydrogen) atoms. The Kier molecular flexibility index (Phi) is 4.59. The molecule has 0 aromatic heterocycles. The zero-order chi connectivity index (χ0) is 17.5. The molecule has 2 saturated heterocycles. The molecule has 2 heterocycles. The lowest BCUT2D eigenvalue weighted by Gasteiger charge is -2.32. The van der Waals surface area contributed by atoms with E-state index in [0.717, 1.165) is 25.0 Å². The molecular weight excluding hydrogens is 361 g/mol. The van der Waals surface area contributed by atoms with Gasteiger partial charge in [0.15, 0.2) is 0 Å². The van der Waals surface area contributed by atoms with Crippen LogP contribution in [0.5, 0.6) is 0 Å². The van der Waals surface area contributed by atoms with Crippen molar-refractivity contribution in [3.8, 4) is 0 Å². The molecule has 132 valence electrons. The number of hydrogen-bond donors (Lipinski definition) is 1. The quantitative estimate of drug-likeness (QED) is 0.874. The van der Waals surface area contributed by atoms with Gasteiger partial charge in [-0.2, -0.15) is 4.31 Å². The standard InChI is InChI=1S/C15H17ClFNO5S/c16-13-11(14(19)20)6-10(7-12(13)17)24(21,22)18-4-3-15(8-18)2-1-5-23-9-15/h6-7H,1-5,8-9H2,(H,19,20). The molecule has 3 rings (SSSR count). The van der Waals surface area contributed by atoms with Crippen LogP contribution in [0.1, 0.15) is 29.6 Å². The van der Waals surface area contributed by atoms with Crippen molar-refractivity contribution in [3.05, 3.63) is 28.5 Å². The number of carbonyl (C=O) groups is 1. The molecule has 9 heteroatoms. The Hall–Kier alpha value is -1.22. The molecular formula is C15H17ClFNO5S. The predicted octanol–water partition coefficient (Wildman–Crippen LogP) is 2.37. The second-order valence-corrected chi connectivity index (χ2v) is 8.63. The van der Waals surface area contributed by atoms with E-state index < -0.39 is 37.3 Å². The summed E-state index contributed by atoms with van der Waals surface area (Å²) in [6.07, 6.45) is 2.44. The Balaban J connectivity index is 1.93. The minimum Gasteiger partial charge on any atom is -0.478 e. The first-order valence-corrected chi connectivity index (χ1v) is 9.37. The van der Waals surface area contributed by atoms with Crippen LogP contribution < -0.4 is 0 Å². The summed E-state index contributed by atoms with van der Waals surface area (Å²) in [6.45, 7) is 1.79. The zero-order valence-corrected chi connectivity index (χ0v) is 14.4. The molecule has 2 fully saturated rings. The highest BCUT2D eigenvalue weighted by Crippen LogP contribution is 2.40. The summed E-state index contributed by atoms with van der Waals surface area (Å²) in [7, 11) is -3.99. The lowest BCUT2D eigenvalue weighted by atomic mass is 9.82. The van der Waals surface area contributed by atoms with E-state index in [2.05, 4.69) is 0 Å². The maximum absolute atomic E-state index is 13.9. The van der Waals surface area contributed by atoms with Crippen molar-refractivity contribution in [1.29, 1.82) is 0 Å². The average molecular weight is 378 g/mol. The van der Waals surface area contributed by atoms with Gasteiger partial charge in [-0.05, 0) is 31.4 Å². The van der Waals surface area contributed by atoms with Crippen molar-refractivity contribution in [1.82, 2.24) is 4.31 Å². The molecule has 1 N–H and O–H groups in total. The van der Waals surface area contributed by atoms with Gasteiger partial charge in [-0.25, -0.2) is 17.6 Å². The number of nitrogens with zero attached hydrogens (tertiary/aromatic N) is 1. The van der Waals surface area contributed by atoms with Gasteiger partial charge < -0.3 is 9.84 Å². The smallest absolute Gasteiger partial charge is 0.337 e. The van der Waals surface area contributed by atoms with Crippen LogP contribution in [0, 0.1) is 11.2 Å². The first-order chi connectivity index (χ1) is 11.3. The Morgan fingerprint density at radius 1 is 1.38 bits per heavy atom. The largest absolute Gasteiger partial charge is 0.478 e. The number of carboxylic acids is 1. The molecule has 0 bridgehead atoms. The van der Waals surface area contributed by atoms with Crippen molar-refractivity contribution < 1.29 is 27.4 Å². The number of benzene rings is 1. The third-order valence-corrected chi connectivity index (χ3v) is 6.88. The molecule has 0 radical (unpaired) electrons. The molecule has 1 spiro atoms. The normalized spacial score (nSPS) is 25.2. The van der Waals surface area contributed by atoms with Crippen LogP contribution in [0.4, 0.5) is 4.39 Å². The molecule has 1 aromatic carbocycles. The van der Waals surface area contributed by atoms with Gasteiger partial charge in [-0.1, -0.05) is 11.6 Å². The van der Waals surface area contributed by atoms with E-state index in [9.17, 15) is 17.6 Å². The maximum Gasteiger partial charge on any atom is 0.337 e. The van der Waals surface area contributed by atoms with Crippen LogP contribution in [0.3, 0.4) is 0 Å². The van der Waals surface area contributed by atoms with Crippen LogP contribution >= 0.6 is 11.6 Å². The molecule has 1 aromatic rings. The van der Waals surface area contributed by atoms with Crippen LogP contribution in [0.25, 0.3) is 0 Å². The van der Waals surface area contributed by atoms with Crippen molar-refractivity contribution in [2.45, 2.75) is 24.2 Å². The number of sulfonamides is 1. The van der Waals surface area contributed by atoms with Gasteiger partial charge in [0.2, 0.25) is 10.0 Å². The summed E-state index contributed by atoms with van der Waals surface area (Å²) in [5.74, 6) is -2.54. The topological polar surface area (TPSA) is 83.9 Å². The Labute approximate surface area is 144 Å². The first kappa shape index (κ1) is 17.6. The van der Waals surface area contributed by atoms with Crippen LogP contribution in [0.2, 0.25) is 5.02 Å². The highest BCUT2D eigenvalue weighted by atomic mass is 35.5. The summed E-state index contributed by atoms with van der Waals surface area (Å²) in [5.41, 5.74) is -0.767. The molecule has 1 atom stereocenters. The van der Waals surface area contributed by atoms with Gasteiger partial charge >= 0.3 is 5.97 Å². The number of hydrogen-bond acceptors (Lipinski definition) is 4. The van der Waals surface area contributed by atoms with E-state index in [4.69, 9.17) is 21.4 Å². The highest BCUT2D eigenvalue weighted by molar-refractivity contribution is 7.89. The van der Waals surface area contributed by atoms with E-state index >= 15 is 0 Å². The van der Waals surface area contributed by atoms with E-state index in [0.29, 0.717) is 32.7 Å². The summed E-state index contributed by atoms with van der Waals surface area (Å²) in [4.78, 5) is 10.7. The van der Waals surface area contributed by atoms with E-state index in [1.807, 2.05) is 0 Å². The summed E-state index contributed by atoms with van der Waals surface area (Å²) in [5, 5.41) is 8.47. The molecule has 1 unspecified atom stereocenters. The highest BCUT2D eigenvalue weighted by Gasteiger charge is 2.44. The van der Waals surface area contributed by atoms with Gasteiger partial charge in [0.1, 0.15) is 5.82 Å². The van der Waals surface area contributed by atoms with Gasteiger partial charge in [-0.15, -0.1) is 0 Å². The third-order valence-electron chi connectivity index (χ3n) is 4.68. The lowest BCUT2D eigenvalue weighted by Crippen LogP contribution is -2.37. The van der Waals surface area contributed by atoms with Crippen molar-refractivity contribution in [3.63, 3.8) is 0 Å². The van der Waals surface area contributed by atoms with Crippen LogP contribution in [-0.4, -0.2) is 50.1 Å². The molecule has 6 nitrogen and oxygen atoms in total. The van der Waals surface area contributed by atoms with Gasteiger partial charge in [0, 0.05) is 25.1 Å². The van der Waals surface area contributed by atoms with Crippen LogP contribution in [-0.2, 0) is 14.8 Å². The maximum atomic E-state index is 13.9. The molecule has 2 aliphatic heterocycles. The Morgan fingerprint density at radius 3 is 2.75 bits per heavy atom. The third kappa shape index (κ3) is 3.03. The molecule has 2 aliphatic rings. The van der Waals surface area contributed by atoms with Crippen molar-refractivity contribution in [2.75, 3.05) is 26.3 Å². The lowest BCUT2D eigenvalue weighted by molar-refractivity contribution is 0.000898. The first-order valence-electron chi connectivity index (χ1n) is 7.55. The second kappa shape index (κ2) is 6.25. The minimum absolute atomic E-state index is 0.202. The Bertz CT molecular complexity index is 776. The predicted molar refractivity (Wildman–Crippen MR) is 84.2 cm³/mol. The SMILES string of the molecule is O=C(O)c1cc(S(=O)(=O)N2CCC3(CCCOC3)C2)cc(F)c1Cl. The minimum atomic E-state index is -3.99. The number of halogens is 2. The fourth-order valence-corrected chi connectivity index (χ4v) is 5.13. The molecule has 0 saturated carbocycles. The number of carboxylic acid groups (broad SMARTS) is 1. The van der Waals surface area contributed by atoms with E-state index in [-0.39, 0.29) is 5.41 Å².